The van der Waals surface area contributed by atoms with Crippen molar-refractivity contribution in [3.63, 3.8) is 0 Å². The van der Waals surface area contributed by atoms with E-state index in [-0.39, 0.29) is 6.04 Å². The molecule has 1 aliphatic rings. The molecule has 0 amide bonds. The zero-order valence-corrected chi connectivity index (χ0v) is 12.6. The Hall–Kier alpha value is -1.61. The van der Waals surface area contributed by atoms with Gasteiger partial charge < -0.3 is 9.88 Å². The summed E-state index contributed by atoms with van der Waals surface area (Å²) in [4.78, 5) is 4.57. The predicted octanol–water partition coefficient (Wildman–Crippen LogP) is 3.26. The summed E-state index contributed by atoms with van der Waals surface area (Å²) >= 11 is 0. The van der Waals surface area contributed by atoms with Crippen molar-refractivity contribution in [1.29, 1.82) is 0 Å². The van der Waals surface area contributed by atoms with Crippen LogP contribution < -0.4 is 5.32 Å². The van der Waals surface area contributed by atoms with Crippen LogP contribution >= 0.6 is 0 Å². The molecule has 1 aromatic heterocycles. The molecule has 2 aromatic rings. The van der Waals surface area contributed by atoms with Gasteiger partial charge in [0, 0.05) is 19.5 Å². The summed E-state index contributed by atoms with van der Waals surface area (Å²) in [6.45, 7) is 8.63. The second-order valence-electron chi connectivity index (χ2n) is 5.82. The molecule has 1 atom stereocenters. The Balaban J connectivity index is 1.97. The molecule has 0 fully saturated rings. The fourth-order valence-corrected chi connectivity index (χ4v) is 2.99. The Morgan fingerprint density at radius 3 is 2.70 bits per heavy atom. The number of nitrogens with one attached hydrogen (secondary N) is 1. The van der Waals surface area contributed by atoms with E-state index in [1.165, 1.54) is 22.5 Å². The minimum absolute atomic E-state index is 0.280. The first kappa shape index (κ1) is 13.4. The predicted molar refractivity (Wildman–Crippen MR) is 82.0 cm³/mol. The summed E-state index contributed by atoms with van der Waals surface area (Å²) in [5, 5.41) is 3.64. The van der Waals surface area contributed by atoms with Crippen molar-refractivity contribution >= 4 is 0 Å². The first-order chi connectivity index (χ1) is 9.70. The monoisotopic (exact) mass is 269 g/mol. The summed E-state index contributed by atoms with van der Waals surface area (Å²) in [6.07, 6.45) is 3.01. The van der Waals surface area contributed by atoms with Crippen LogP contribution in [-0.4, -0.2) is 16.1 Å². The maximum atomic E-state index is 4.57. The number of nitrogens with zero attached hydrogens (tertiary/aromatic N) is 2. The quantitative estimate of drug-likeness (QED) is 0.927. The van der Waals surface area contributed by atoms with Gasteiger partial charge in [-0.2, -0.15) is 0 Å². The Morgan fingerprint density at radius 2 is 2.05 bits per heavy atom. The minimum atomic E-state index is 0.280. The number of rotatable bonds is 3. The molecule has 0 saturated heterocycles. The number of benzene rings is 1. The third kappa shape index (κ3) is 2.27. The van der Waals surface area contributed by atoms with Crippen LogP contribution in [0.4, 0.5) is 0 Å². The minimum Gasteiger partial charge on any atom is -0.333 e. The van der Waals surface area contributed by atoms with Crippen LogP contribution in [0.5, 0.6) is 0 Å². The van der Waals surface area contributed by atoms with Crippen LogP contribution in [-0.2, 0) is 13.0 Å². The molecule has 0 aliphatic carbocycles. The van der Waals surface area contributed by atoms with Crippen molar-refractivity contribution in [1.82, 2.24) is 14.9 Å². The average Bonchev–Trinajstić information content (AvgIpc) is 2.90. The molecule has 0 spiro atoms. The highest BCUT2D eigenvalue weighted by Crippen LogP contribution is 2.29. The van der Waals surface area contributed by atoms with Gasteiger partial charge >= 0.3 is 0 Å². The van der Waals surface area contributed by atoms with Gasteiger partial charge in [0.1, 0.15) is 0 Å². The van der Waals surface area contributed by atoms with Crippen molar-refractivity contribution in [2.75, 3.05) is 6.54 Å². The maximum absolute atomic E-state index is 4.57. The first-order valence-corrected chi connectivity index (χ1v) is 7.57. The third-order valence-corrected chi connectivity index (χ3v) is 4.22. The molecule has 0 bridgehead atoms. The fourth-order valence-electron chi connectivity index (χ4n) is 2.99. The first-order valence-electron chi connectivity index (χ1n) is 7.57. The summed E-state index contributed by atoms with van der Waals surface area (Å²) in [5.41, 5.74) is 5.33. The van der Waals surface area contributed by atoms with Gasteiger partial charge in [-0.3, -0.25) is 0 Å². The van der Waals surface area contributed by atoms with Crippen LogP contribution in [0.25, 0.3) is 0 Å². The van der Waals surface area contributed by atoms with Gasteiger partial charge in [0.2, 0.25) is 0 Å². The van der Waals surface area contributed by atoms with Gasteiger partial charge in [0.15, 0.2) is 0 Å². The van der Waals surface area contributed by atoms with E-state index in [0.29, 0.717) is 5.92 Å². The molecule has 0 saturated carbocycles. The molecular formula is C17H23N3. The molecule has 1 aromatic carbocycles. The molecule has 1 aliphatic heterocycles. The van der Waals surface area contributed by atoms with E-state index >= 15 is 0 Å². The lowest BCUT2D eigenvalue weighted by molar-refractivity contribution is 0.524. The van der Waals surface area contributed by atoms with Gasteiger partial charge in [-0.15, -0.1) is 0 Å². The zero-order chi connectivity index (χ0) is 14.1. The van der Waals surface area contributed by atoms with Crippen molar-refractivity contribution in [2.24, 2.45) is 0 Å². The van der Waals surface area contributed by atoms with Crippen molar-refractivity contribution < 1.29 is 0 Å². The molecule has 3 nitrogen and oxygen atoms in total. The number of fused-ring (bicyclic) bond motifs is 1. The normalized spacial score (nSPS) is 18.3. The van der Waals surface area contributed by atoms with Crippen LogP contribution in [0.15, 0.2) is 30.6 Å². The highest BCUT2D eigenvalue weighted by atomic mass is 15.1. The lowest BCUT2D eigenvalue weighted by Crippen LogP contribution is -2.32. The second-order valence-corrected chi connectivity index (χ2v) is 5.82. The summed E-state index contributed by atoms with van der Waals surface area (Å²) < 4.78 is 2.27. The zero-order valence-electron chi connectivity index (χ0n) is 12.6. The molecule has 20 heavy (non-hydrogen) atoms. The topological polar surface area (TPSA) is 29.9 Å². The number of hydrogen-bond donors (Lipinski definition) is 1. The van der Waals surface area contributed by atoms with E-state index in [1.807, 2.05) is 6.33 Å². The van der Waals surface area contributed by atoms with Crippen LogP contribution in [0.1, 0.15) is 55.2 Å². The molecule has 3 rings (SSSR count). The number of aryl methyl sites for hydroxylation is 1. The molecule has 3 heteroatoms. The van der Waals surface area contributed by atoms with Gasteiger partial charge in [0.05, 0.1) is 23.8 Å². The molecule has 2 heterocycles. The highest BCUT2D eigenvalue weighted by Gasteiger charge is 2.25. The Labute approximate surface area is 121 Å². The third-order valence-electron chi connectivity index (χ3n) is 4.22. The Kier molecular flexibility index (Phi) is 3.62. The Morgan fingerprint density at radius 1 is 1.30 bits per heavy atom. The summed E-state index contributed by atoms with van der Waals surface area (Å²) in [7, 11) is 0. The molecule has 1 N–H and O–H groups in total. The van der Waals surface area contributed by atoms with Crippen LogP contribution in [0.2, 0.25) is 0 Å². The van der Waals surface area contributed by atoms with E-state index in [2.05, 4.69) is 59.9 Å². The van der Waals surface area contributed by atoms with Crippen LogP contribution in [0.3, 0.4) is 0 Å². The Bertz CT molecular complexity index is 567. The SMILES string of the molecule is CCn1cnc2c1C(c1ccc(C(C)C)cc1)NCC2. The lowest BCUT2D eigenvalue weighted by Gasteiger charge is -2.26. The highest BCUT2D eigenvalue weighted by molar-refractivity contribution is 5.35. The molecular weight excluding hydrogens is 246 g/mol. The second kappa shape index (κ2) is 5.41. The maximum Gasteiger partial charge on any atom is 0.0952 e. The van der Waals surface area contributed by atoms with E-state index in [1.54, 1.807) is 0 Å². The average molecular weight is 269 g/mol. The van der Waals surface area contributed by atoms with Gasteiger partial charge in [-0.25, -0.2) is 4.98 Å². The van der Waals surface area contributed by atoms with Crippen molar-refractivity contribution in [2.45, 2.75) is 45.7 Å². The molecule has 106 valence electrons. The number of aromatic nitrogens is 2. The van der Waals surface area contributed by atoms with E-state index < -0.39 is 0 Å². The van der Waals surface area contributed by atoms with Gasteiger partial charge in [-0.05, 0) is 24.0 Å². The van der Waals surface area contributed by atoms with Crippen molar-refractivity contribution in [3.8, 4) is 0 Å². The van der Waals surface area contributed by atoms with E-state index in [0.717, 1.165) is 19.5 Å². The number of hydrogen-bond acceptors (Lipinski definition) is 2. The molecule has 1 unspecified atom stereocenters. The van der Waals surface area contributed by atoms with Crippen LogP contribution in [0, 0.1) is 0 Å². The smallest absolute Gasteiger partial charge is 0.0952 e. The standard InChI is InChI=1S/C17H23N3/c1-4-20-11-19-15-9-10-18-16(17(15)20)14-7-5-13(6-8-14)12(2)3/h5-8,11-12,16,18H,4,9-10H2,1-3H3. The number of imidazole rings is 1. The fraction of sp³-hybridized carbons (Fsp3) is 0.471. The molecule has 0 radical (unpaired) electrons. The van der Waals surface area contributed by atoms with Gasteiger partial charge in [0.25, 0.3) is 0 Å². The lowest BCUT2D eigenvalue weighted by atomic mass is 9.94. The van der Waals surface area contributed by atoms with E-state index in [9.17, 15) is 0 Å². The van der Waals surface area contributed by atoms with E-state index in [4.69, 9.17) is 0 Å². The summed E-state index contributed by atoms with van der Waals surface area (Å²) in [5.74, 6) is 0.583. The largest absolute Gasteiger partial charge is 0.333 e. The van der Waals surface area contributed by atoms with Crippen molar-refractivity contribution in [3.05, 3.63) is 53.1 Å². The van der Waals surface area contributed by atoms with Gasteiger partial charge in [-0.1, -0.05) is 38.1 Å². The summed E-state index contributed by atoms with van der Waals surface area (Å²) in [6, 6.07) is 9.30.